The summed E-state index contributed by atoms with van der Waals surface area (Å²) >= 11 is 9.12. The number of hydrogen-bond acceptors (Lipinski definition) is 4. The molecular formula is C10H10BrClN4O2S. The Kier molecular flexibility index (Phi) is 3.84. The van der Waals surface area contributed by atoms with E-state index in [0.717, 1.165) is 4.47 Å². The van der Waals surface area contributed by atoms with Gasteiger partial charge in [-0.25, -0.2) is 4.98 Å². The summed E-state index contributed by atoms with van der Waals surface area (Å²) < 4.78 is 28.7. The van der Waals surface area contributed by atoms with Crippen molar-refractivity contribution in [3.63, 3.8) is 0 Å². The summed E-state index contributed by atoms with van der Waals surface area (Å²) in [7, 11) is -2.32. The molecule has 6 nitrogen and oxygen atoms in total. The van der Waals surface area contributed by atoms with Crippen molar-refractivity contribution in [3.05, 3.63) is 33.5 Å². The van der Waals surface area contributed by atoms with Gasteiger partial charge in [0.1, 0.15) is 5.82 Å². The molecule has 9 heteroatoms. The van der Waals surface area contributed by atoms with Crippen LogP contribution >= 0.6 is 27.5 Å². The van der Waals surface area contributed by atoms with E-state index in [0.29, 0.717) is 5.69 Å². The van der Waals surface area contributed by atoms with E-state index in [-0.39, 0.29) is 15.9 Å². The highest BCUT2D eigenvalue weighted by Gasteiger charge is 2.23. The van der Waals surface area contributed by atoms with E-state index in [1.165, 1.54) is 17.9 Å². The van der Waals surface area contributed by atoms with E-state index >= 15 is 0 Å². The van der Waals surface area contributed by atoms with Crippen LogP contribution in [-0.2, 0) is 17.1 Å². The molecule has 2 aromatic rings. The van der Waals surface area contributed by atoms with E-state index in [4.69, 9.17) is 11.6 Å². The van der Waals surface area contributed by atoms with Crippen molar-refractivity contribution in [1.82, 2.24) is 14.8 Å². The van der Waals surface area contributed by atoms with Crippen LogP contribution in [0.4, 0.5) is 5.82 Å². The molecule has 102 valence electrons. The number of sulfonamides is 1. The van der Waals surface area contributed by atoms with Crippen molar-refractivity contribution in [3.8, 4) is 0 Å². The number of hydrogen-bond donors (Lipinski definition) is 1. The normalized spacial score (nSPS) is 11.6. The van der Waals surface area contributed by atoms with Crippen molar-refractivity contribution in [1.29, 1.82) is 0 Å². The lowest BCUT2D eigenvalue weighted by Gasteiger charge is -2.09. The van der Waals surface area contributed by atoms with Crippen LogP contribution in [0.2, 0.25) is 5.02 Å². The molecule has 0 atom stereocenters. The minimum atomic E-state index is -3.82. The Hall–Kier alpha value is -1.12. The van der Waals surface area contributed by atoms with Crippen LogP contribution in [0.1, 0.15) is 5.69 Å². The maximum atomic E-state index is 12.2. The molecule has 0 aromatic carbocycles. The van der Waals surface area contributed by atoms with Crippen molar-refractivity contribution in [2.45, 2.75) is 11.9 Å². The van der Waals surface area contributed by atoms with Gasteiger partial charge in [0.25, 0.3) is 10.0 Å². The lowest BCUT2D eigenvalue weighted by molar-refractivity contribution is 0.582. The zero-order chi connectivity index (χ0) is 14.2. The largest absolute Gasteiger partial charge is 0.281 e. The summed E-state index contributed by atoms with van der Waals surface area (Å²) in [5.41, 5.74) is 0.677. The molecule has 2 heterocycles. The third-order valence-electron chi connectivity index (χ3n) is 2.36. The van der Waals surface area contributed by atoms with Crippen molar-refractivity contribution in [2.24, 2.45) is 7.05 Å². The molecule has 0 spiro atoms. The third-order valence-corrected chi connectivity index (χ3v) is 5.06. The van der Waals surface area contributed by atoms with Gasteiger partial charge >= 0.3 is 0 Å². The first-order chi connectivity index (χ1) is 8.81. The van der Waals surface area contributed by atoms with Crippen molar-refractivity contribution >= 4 is 43.4 Å². The van der Waals surface area contributed by atoms with Gasteiger partial charge in [0.15, 0.2) is 5.03 Å². The van der Waals surface area contributed by atoms with Crippen LogP contribution in [0.5, 0.6) is 0 Å². The molecule has 1 N–H and O–H groups in total. The van der Waals surface area contributed by atoms with Crippen LogP contribution in [0.3, 0.4) is 0 Å². The number of aryl methyl sites for hydroxylation is 2. The Bertz CT molecular complexity index is 710. The molecule has 0 saturated heterocycles. The molecule has 0 saturated carbocycles. The second kappa shape index (κ2) is 5.10. The van der Waals surface area contributed by atoms with E-state index in [9.17, 15) is 8.42 Å². The van der Waals surface area contributed by atoms with Gasteiger partial charge in [-0.3, -0.25) is 9.40 Å². The van der Waals surface area contributed by atoms with Gasteiger partial charge in [0, 0.05) is 11.5 Å². The Balaban J connectivity index is 2.39. The van der Waals surface area contributed by atoms with Crippen LogP contribution in [0, 0.1) is 6.92 Å². The molecule has 0 aliphatic rings. The number of anilines is 1. The smallest absolute Gasteiger partial charge is 0.262 e. The molecule has 0 unspecified atom stereocenters. The van der Waals surface area contributed by atoms with Crippen LogP contribution in [-0.4, -0.2) is 23.2 Å². The summed E-state index contributed by atoms with van der Waals surface area (Å²) in [5.74, 6) is 0.220. The fourth-order valence-corrected chi connectivity index (χ4v) is 3.37. The lowest BCUT2D eigenvalue weighted by Crippen LogP contribution is -2.18. The minimum Gasteiger partial charge on any atom is -0.262 e. The molecule has 0 aliphatic carbocycles. The molecule has 19 heavy (non-hydrogen) atoms. The molecule has 0 fully saturated rings. The number of aromatic nitrogens is 3. The highest BCUT2D eigenvalue weighted by Crippen LogP contribution is 2.23. The average molecular weight is 366 g/mol. The summed E-state index contributed by atoms with van der Waals surface area (Å²) in [6, 6.07) is 3.27. The van der Waals surface area contributed by atoms with Gasteiger partial charge < -0.3 is 0 Å². The fraction of sp³-hybridized carbons (Fsp3) is 0.200. The Labute approximate surface area is 124 Å². The number of nitrogens with zero attached hydrogens (tertiary/aromatic N) is 3. The standard InChI is InChI=1S/C10H10BrClN4O2S/c1-6-7(11)3-4-9(14-6)15-19(17,18)10-8(12)5-13-16(10)2/h3-5H,1-2H3,(H,14,15). The van der Waals surface area contributed by atoms with Crippen LogP contribution in [0.15, 0.2) is 27.8 Å². The zero-order valence-corrected chi connectivity index (χ0v) is 13.2. The molecule has 0 aliphatic heterocycles. The van der Waals surface area contributed by atoms with Crippen LogP contribution in [0.25, 0.3) is 0 Å². The molecule has 2 rings (SSSR count). The van der Waals surface area contributed by atoms with Gasteiger partial charge in [-0.15, -0.1) is 0 Å². The first-order valence-electron chi connectivity index (χ1n) is 5.15. The van der Waals surface area contributed by atoms with Crippen molar-refractivity contribution in [2.75, 3.05) is 4.72 Å². The van der Waals surface area contributed by atoms with Gasteiger partial charge in [0.2, 0.25) is 0 Å². The first-order valence-corrected chi connectivity index (χ1v) is 7.80. The predicted octanol–water partition coefficient (Wildman–Crippen LogP) is 2.34. The highest BCUT2D eigenvalue weighted by atomic mass is 79.9. The Morgan fingerprint density at radius 3 is 2.63 bits per heavy atom. The predicted molar refractivity (Wildman–Crippen MR) is 75.7 cm³/mol. The topological polar surface area (TPSA) is 76.9 Å². The third kappa shape index (κ3) is 2.90. The second-order valence-electron chi connectivity index (χ2n) is 3.79. The van der Waals surface area contributed by atoms with E-state index in [1.807, 2.05) is 0 Å². The number of nitrogens with one attached hydrogen (secondary N) is 1. The SMILES string of the molecule is Cc1nc(NS(=O)(=O)c2c(Cl)cnn2C)ccc1Br. The quantitative estimate of drug-likeness (QED) is 0.905. The molecule has 0 bridgehead atoms. The summed E-state index contributed by atoms with van der Waals surface area (Å²) in [5, 5.41) is 3.75. The minimum absolute atomic E-state index is 0.0591. The van der Waals surface area contributed by atoms with E-state index in [2.05, 4.69) is 30.7 Å². The monoisotopic (exact) mass is 364 g/mol. The highest BCUT2D eigenvalue weighted by molar-refractivity contribution is 9.10. The maximum absolute atomic E-state index is 12.2. The maximum Gasteiger partial charge on any atom is 0.281 e. The Morgan fingerprint density at radius 2 is 2.11 bits per heavy atom. The summed E-state index contributed by atoms with van der Waals surface area (Å²) in [4.78, 5) is 4.12. The molecule has 2 aromatic heterocycles. The van der Waals surface area contributed by atoms with Crippen molar-refractivity contribution < 1.29 is 8.42 Å². The lowest BCUT2D eigenvalue weighted by atomic mass is 10.4. The first kappa shape index (κ1) is 14.3. The number of rotatable bonds is 3. The van der Waals surface area contributed by atoms with E-state index < -0.39 is 10.0 Å². The summed E-state index contributed by atoms with van der Waals surface area (Å²) in [6.07, 6.45) is 1.27. The average Bonchev–Trinajstić information content (AvgIpc) is 2.64. The molecular weight excluding hydrogens is 356 g/mol. The fourth-order valence-electron chi connectivity index (χ4n) is 1.49. The molecule has 0 amide bonds. The van der Waals surface area contributed by atoms with Gasteiger partial charge in [-0.05, 0) is 35.0 Å². The number of halogens is 2. The van der Waals surface area contributed by atoms with Crippen LogP contribution < -0.4 is 4.72 Å². The van der Waals surface area contributed by atoms with Gasteiger partial charge in [0.05, 0.1) is 16.9 Å². The molecule has 0 radical (unpaired) electrons. The zero-order valence-electron chi connectivity index (χ0n) is 10.1. The summed E-state index contributed by atoms with van der Waals surface area (Å²) in [6.45, 7) is 1.76. The van der Waals surface area contributed by atoms with Gasteiger partial charge in [-0.1, -0.05) is 11.6 Å². The van der Waals surface area contributed by atoms with E-state index in [1.54, 1.807) is 19.1 Å². The van der Waals surface area contributed by atoms with Gasteiger partial charge in [-0.2, -0.15) is 13.5 Å². The number of pyridine rings is 1. The second-order valence-corrected chi connectivity index (χ2v) is 6.65. The Morgan fingerprint density at radius 1 is 1.42 bits per heavy atom.